The average Bonchev–Trinajstić information content (AvgIpc) is 3.54. The normalized spacial score (nSPS) is 11.9. The van der Waals surface area contributed by atoms with Crippen LogP contribution in [0.1, 0.15) is 27.2 Å². The van der Waals surface area contributed by atoms with Crippen molar-refractivity contribution in [1.82, 2.24) is 10.3 Å². The lowest BCUT2D eigenvalue weighted by Gasteiger charge is -2.18. The smallest absolute Gasteiger partial charge is 0.453 e. The molecular weight excluding hydrogens is 673 g/mol. The summed E-state index contributed by atoms with van der Waals surface area (Å²) < 4.78 is 68.3. The van der Waals surface area contributed by atoms with Crippen LogP contribution in [0.15, 0.2) is 112 Å². The van der Waals surface area contributed by atoms with E-state index in [4.69, 9.17) is 18.6 Å². The summed E-state index contributed by atoms with van der Waals surface area (Å²) in [6.07, 6.45) is -4.44. The van der Waals surface area contributed by atoms with Gasteiger partial charge in [0.1, 0.15) is 29.7 Å². The van der Waals surface area contributed by atoms with Gasteiger partial charge in [0.25, 0.3) is 5.76 Å². The molecule has 0 unspecified atom stereocenters. The zero-order chi connectivity index (χ0) is 36.1. The molecule has 0 aliphatic rings. The van der Waals surface area contributed by atoms with Crippen molar-refractivity contribution in [3.8, 4) is 17.2 Å². The van der Waals surface area contributed by atoms with Gasteiger partial charge in [0, 0.05) is 29.6 Å². The lowest BCUT2D eigenvalue weighted by molar-refractivity contribution is -0.154. The summed E-state index contributed by atoms with van der Waals surface area (Å²) in [5.41, 5.74) is 0.578. The first-order valence-corrected chi connectivity index (χ1v) is 15.3. The molecule has 0 aliphatic heterocycles. The Balaban J connectivity index is 1.27. The molecule has 6 rings (SSSR count). The molecule has 1 atom stereocenters. The predicted molar refractivity (Wildman–Crippen MR) is 177 cm³/mol. The van der Waals surface area contributed by atoms with Crippen LogP contribution in [0.25, 0.3) is 21.9 Å². The van der Waals surface area contributed by atoms with Gasteiger partial charge in [-0.15, -0.1) is 0 Å². The maximum atomic E-state index is 14.2. The summed E-state index contributed by atoms with van der Waals surface area (Å²) in [4.78, 5) is 54.4. The van der Waals surface area contributed by atoms with Crippen molar-refractivity contribution >= 4 is 39.9 Å². The van der Waals surface area contributed by atoms with Gasteiger partial charge in [0.05, 0.1) is 18.1 Å². The molecule has 1 amide bonds. The van der Waals surface area contributed by atoms with Crippen molar-refractivity contribution in [3.05, 3.63) is 136 Å². The third-order valence-electron chi connectivity index (χ3n) is 7.68. The number of amides is 1. The first-order valence-electron chi connectivity index (χ1n) is 15.3. The number of carbonyl (C=O) groups is 3. The standard InChI is InChI=1S/C37H27F3N2O9/c1-47-34(44)22-11-13-24(14-12-22)49-32-31(43)27-16-15-25(18-30(27)51-33(32)37(38,39)40)50-35(45)29(17-23-19-41-28-10-6-5-9-26(23)28)42-36(46)48-20-21-7-3-2-4-8-21/h2-16,18-19,29,41H,17,20H2,1H3,(H,42,46)/t29-/m0/s1. The number of ether oxygens (including phenoxy) is 4. The molecular formula is C37H27F3N2O9. The van der Waals surface area contributed by atoms with Crippen molar-refractivity contribution in [2.24, 2.45) is 0 Å². The summed E-state index contributed by atoms with van der Waals surface area (Å²) in [6.45, 7) is -0.0721. The van der Waals surface area contributed by atoms with E-state index in [1.165, 1.54) is 37.4 Å². The number of hydrogen-bond acceptors (Lipinski definition) is 9. The van der Waals surface area contributed by atoms with Gasteiger partial charge in [0.15, 0.2) is 0 Å². The molecule has 0 aliphatic carbocycles. The molecule has 0 saturated heterocycles. The Kier molecular flexibility index (Phi) is 9.75. The van der Waals surface area contributed by atoms with E-state index in [1.807, 2.05) is 24.3 Å². The summed E-state index contributed by atoms with van der Waals surface area (Å²) in [5.74, 6) is -4.96. The number of nitrogens with one attached hydrogen (secondary N) is 2. The van der Waals surface area contributed by atoms with Crippen LogP contribution in [0, 0.1) is 0 Å². The van der Waals surface area contributed by atoms with E-state index in [1.54, 1.807) is 36.5 Å². The van der Waals surface area contributed by atoms with Gasteiger partial charge in [-0.25, -0.2) is 14.4 Å². The highest BCUT2D eigenvalue weighted by Crippen LogP contribution is 2.39. The molecule has 0 radical (unpaired) electrons. The maximum Gasteiger partial charge on any atom is 0.453 e. The van der Waals surface area contributed by atoms with Gasteiger partial charge in [-0.2, -0.15) is 13.2 Å². The third-order valence-corrected chi connectivity index (χ3v) is 7.68. The molecule has 2 aromatic heterocycles. The van der Waals surface area contributed by atoms with Crippen molar-refractivity contribution in [3.63, 3.8) is 0 Å². The summed E-state index contributed by atoms with van der Waals surface area (Å²) in [7, 11) is 1.17. The largest absolute Gasteiger partial charge is 0.465 e. The minimum atomic E-state index is -5.17. The Morgan fingerprint density at radius 1 is 0.882 bits per heavy atom. The first kappa shape index (κ1) is 34.3. The predicted octanol–water partition coefficient (Wildman–Crippen LogP) is 7.32. The number of halogens is 3. The Hall–Kier alpha value is -6.57. The van der Waals surface area contributed by atoms with Crippen LogP contribution < -0.4 is 20.2 Å². The molecule has 2 N–H and O–H groups in total. The van der Waals surface area contributed by atoms with Crippen LogP contribution in [0.5, 0.6) is 17.2 Å². The first-order chi connectivity index (χ1) is 24.5. The second-order valence-electron chi connectivity index (χ2n) is 11.1. The van der Waals surface area contributed by atoms with E-state index in [2.05, 4.69) is 15.0 Å². The quantitative estimate of drug-likeness (QED) is 0.111. The number of benzene rings is 4. The van der Waals surface area contributed by atoms with Crippen LogP contribution in [-0.2, 0) is 33.5 Å². The SMILES string of the molecule is COC(=O)c1ccc(Oc2c(C(F)(F)F)oc3cc(OC(=O)[C@H](Cc4c[nH]c5ccccc45)NC(=O)OCc4ccccc4)ccc3c2=O)cc1. The molecule has 6 aromatic rings. The number of alkyl halides is 3. The fourth-order valence-electron chi connectivity index (χ4n) is 5.20. The monoisotopic (exact) mass is 700 g/mol. The zero-order valence-electron chi connectivity index (χ0n) is 26.6. The number of H-pyrrole nitrogens is 1. The second-order valence-corrected chi connectivity index (χ2v) is 11.1. The van der Waals surface area contributed by atoms with Gasteiger partial charge >= 0.3 is 24.2 Å². The number of alkyl carbamates (subject to hydrolysis) is 1. The van der Waals surface area contributed by atoms with Crippen LogP contribution in [-0.4, -0.2) is 36.2 Å². The van der Waals surface area contributed by atoms with Gasteiger partial charge in [-0.3, -0.25) is 4.79 Å². The van der Waals surface area contributed by atoms with E-state index in [0.29, 0.717) is 11.1 Å². The zero-order valence-corrected chi connectivity index (χ0v) is 26.6. The maximum absolute atomic E-state index is 14.2. The van der Waals surface area contributed by atoms with Crippen molar-refractivity contribution in [1.29, 1.82) is 0 Å². The molecule has 0 saturated carbocycles. The number of carbonyl (C=O) groups excluding carboxylic acids is 3. The summed E-state index contributed by atoms with van der Waals surface area (Å²) in [5, 5.41) is 3.00. The number of para-hydroxylation sites is 1. The highest BCUT2D eigenvalue weighted by molar-refractivity contribution is 5.89. The van der Waals surface area contributed by atoms with E-state index in [9.17, 15) is 32.3 Å². The Morgan fingerprint density at radius 3 is 2.31 bits per heavy atom. The van der Waals surface area contributed by atoms with Gasteiger partial charge in [0.2, 0.25) is 11.2 Å². The van der Waals surface area contributed by atoms with E-state index >= 15 is 0 Å². The second kappa shape index (κ2) is 14.5. The number of methoxy groups -OCH3 is 1. The number of aromatic amines is 1. The summed E-state index contributed by atoms with van der Waals surface area (Å²) >= 11 is 0. The topological polar surface area (TPSA) is 146 Å². The number of esters is 2. The van der Waals surface area contributed by atoms with E-state index in [-0.39, 0.29) is 35.5 Å². The van der Waals surface area contributed by atoms with Crippen molar-refractivity contribution < 1.29 is 50.9 Å². The molecule has 4 aromatic carbocycles. The molecule has 51 heavy (non-hydrogen) atoms. The minimum Gasteiger partial charge on any atom is -0.465 e. The lowest BCUT2D eigenvalue weighted by atomic mass is 10.1. The van der Waals surface area contributed by atoms with Gasteiger partial charge < -0.3 is 33.7 Å². The molecule has 11 nitrogen and oxygen atoms in total. The molecule has 260 valence electrons. The third kappa shape index (κ3) is 7.85. The summed E-state index contributed by atoms with van der Waals surface area (Å²) in [6, 6.07) is 23.0. The van der Waals surface area contributed by atoms with Crippen LogP contribution in [0.3, 0.4) is 0 Å². The fraction of sp³-hybridized carbons (Fsp3) is 0.135. The number of hydrogen-bond donors (Lipinski definition) is 2. The Bertz CT molecular complexity index is 2280. The van der Waals surface area contributed by atoms with E-state index in [0.717, 1.165) is 23.0 Å². The molecule has 0 bridgehead atoms. The number of aromatic nitrogens is 1. The van der Waals surface area contributed by atoms with Crippen molar-refractivity contribution in [2.45, 2.75) is 25.2 Å². The molecule has 0 spiro atoms. The van der Waals surface area contributed by atoms with Gasteiger partial charge in [-0.1, -0.05) is 48.5 Å². The Morgan fingerprint density at radius 2 is 1.59 bits per heavy atom. The highest BCUT2D eigenvalue weighted by Gasteiger charge is 2.40. The number of rotatable bonds is 10. The minimum absolute atomic E-state index is 0.0362. The van der Waals surface area contributed by atoms with Gasteiger partial charge in [-0.05, 0) is 53.6 Å². The Labute approximate surface area is 286 Å². The average molecular weight is 701 g/mol. The van der Waals surface area contributed by atoms with Crippen LogP contribution in [0.2, 0.25) is 0 Å². The van der Waals surface area contributed by atoms with Crippen LogP contribution in [0.4, 0.5) is 18.0 Å². The molecule has 14 heteroatoms. The van der Waals surface area contributed by atoms with Crippen LogP contribution >= 0.6 is 0 Å². The van der Waals surface area contributed by atoms with Crippen molar-refractivity contribution in [2.75, 3.05) is 7.11 Å². The van der Waals surface area contributed by atoms with E-state index < -0.39 is 52.8 Å². The fourth-order valence-corrected chi connectivity index (χ4v) is 5.20. The lowest BCUT2D eigenvalue weighted by Crippen LogP contribution is -2.44. The molecule has 0 fully saturated rings. The number of fused-ring (bicyclic) bond motifs is 2. The highest BCUT2D eigenvalue weighted by atomic mass is 19.4. The molecule has 2 heterocycles.